The van der Waals surface area contributed by atoms with E-state index < -0.39 is 0 Å². The van der Waals surface area contributed by atoms with Crippen molar-refractivity contribution in [1.82, 2.24) is 4.57 Å². The second-order valence-corrected chi connectivity index (χ2v) is 18.6. The summed E-state index contributed by atoms with van der Waals surface area (Å²) in [6.07, 6.45) is 12.9. The number of hydrogen-bond acceptors (Lipinski definition) is 1. The fraction of sp³-hybridized carbons (Fsp3) is 0.108. The number of anilines is 2. The largest absolute Gasteiger partial charge is 0.334 e. The molecule has 1 atom stereocenters. The van der Waals surface area contributed by atoms with Crippen LogP contribution in [0, 0.1) is 0 Å². The average Bonchev–Trinajstić information content (AvgIpc) is 4.11. The first-order chi connectivity index (χ1) is 33.2. The Morgan fingerprint density at radius 1 is 0.448 bits per heavy atom. The van der Waals surface area contributed by atoms with Crippen LogP contribution >= 0.6 is 0 Å². The number of nitrogens with zero attached hydrogens (tertiary/aromatic N) is 2. The molecule has 0 amide bonds. The van der Waals surface area contributed by atoms with Crippen LogP contribution in [0.5, 0.6) is 0 Å². The van der Waals surface area contributed by atoms with E-state index >= 15 is 0 Å². The molecule has 0 saturated heterocycles. The summed E-state index contributed by atoms with van der Waals surface area (Å²) in [5.74, 6) is 0. The summed E-state index contributed by atoms with van der Waals surface area (Å²) in [5, 5.41) is 2.55. The van der Waals surface area contributed by atoms with Gasteiger partial charge in [-0.2, -0.15) is 0 Å². The molecule has 67 heavy (non-hydrogen) atoms. The quantitative estimate of drug-likeness (QED) is 0.148. The number of benzene rings is 9. The maximum atomic E-state index is 2.68. The summed E-state index contributed by atoms with van der Waals surface area (Å²) < 4.78 is 2.48. The van der Waals surface area contributed by atoms with Gasteiger partial charge >= 0.3 is 0 Å². The maximum absolute atomic E-state index is 2.68. The molecule has 1 fully saturated rings. The molecule has 0 bridgehead atoms. The molecule has 3 aliphatic carbocycles. The predicted octanol–water partition coefficient (Wildman–Crippen LogP) is 17.2. The molecule has 1 heterocycles. The van der Waals surface area contributed by atoms with Crippen molar-refractivity contribution in [3.8, 4) is 50.2 Å². The van der Waals surface area contributed by atoms with Gasteiger partial charge in [-0.1, -0.05) is 213 Å². The van der Waals surface area contributed by atoms with Crippen LogP contribution in [-0.4, -0.2) is 10.6 Å². The van der Waals surface area contributed by atoms with Crippen LogP contribution in [0.4, 0.5) is 11.4 Å². The van der Waals surface area contributed by atoms with E-state index in [0.29, 0.717) is 0 Å². The summed E-state index contributed by atoms with van der Waals surface area (Å²) in [6, 6.07) is 81.2. The van der Waals surface area contributed by atoms with Gasteiger partial charge in [0, 0.05) is 44.4 Å². The van der Waals surface area contributed by atoms with E-state index in [0.717, 1.165) is 6.42 Å². The van der Waals surface area contributed by atoms with E-state index in [9.17, 15) is 0 Å². The van der Waals surface area contributed by atoms with Crippen LogP contribution in [0.2, 0.25) is 0 Å². The van der Waals surface area contributed by atoms with E-state index in [1.807, 2.05) is 0 Å². The Kier molecular flexibility index (Phi) is 9.53. The predicted molar refractivity (Wildman–Crippen MR) is 282 cm³/mol. The van der Waals surface area contributed by atoms with Crippen molar-refractivity contribution in [2.75, 3.05) is 4.90 Å². The molecule has 0 aliphatic heterocycles. The van der Waals surface area contributed by atoms with Gasteiger partial charge in [0.1, 0.15) is 0 Å². The highest BCUT2D eigenvalue weighted by atomic mass is 15.2. The number of hydrogen-bond donors (Lipinski definition) is 0. The van der Waals surface area contributed by atoms with Crippen LogP contribution in [0.25, 0.3) is 77.6 Å². The third kappa shape index (κ3) is 6.38. The molecule has 1 spiro atoms. The Balaban J connectivity index is 1.000. The van der Waals surface area contributed by atoms with Crippen molar-refractivity contribution in [2.45, 2.75) is 43.6 Å². The smallest absolute Gasteiger partial charge is 0.0616 e. The summed E-state index contributed by atoms with van der Waals surface area (Å²) in [4.78, 5) is 2.68. The highest BCUT2D eigenvalue weighted by Gasteiger charge is 2.45. The maximum Gasteiger partial charge on any atom is 0.0616 e. The van der Waals surface area contributed by atoms with Gasteiger partial charge < -0.3 is 9.47 Å². The molecule has 1 saturated carbocycles. The lowest BCUT2D eigenvalue weighted by Crippen LogP contribution is -2.31. The van der Waals surface area contributed by atoms with Gasteiger partial charge in [0.2, 0.25) is 0 Å². The second-order valence-electron chi connectivity index (χ2n) is 18.6. The van der Waals surface area contributed by atoms with Crippen molar-refractivity contribution in [3.63, 3.8) is 0 Å². The summed E-state index contributed by atoms with van der Waals surface area (Å²) in [5.41, 5.74) is 21.9. The van der Waals surface area contributed by atoms with Gasteiger partial charge in [0.25, 0.3) is 0 Å². The van der Waals surface area contributed by atoms with Crippen LogP contribution < -0.4 is 4.90 Å². The summed E-state index contributed by atoms with van der Waals surface area (Å²) in [7, 11) is 0. The lowest BCUT2D eigenvalue weighted by molar-refractivity contribution is 0.550. The number of allylic oxidation sites excluding steroid dienone is 2. The zero-order valence-electron chi connectivity index (χ0n) is 37.5. The lowest BCUT2D eigenvalue weighted by Gasteiger charge is -2.37. The highest BCUT2D eigenvalue weighted by molar-refractivity contribution is 6.12. The van der Waals surface area contributed by atoms with Gasteiger partial charge in [-0.15, -0.1) is 0 Å². The third-order valence-electron chi connectivity index (χ3n) is 15.1. The van der Waals surface area contributed by atoms with Crippen LogP contribution in [0.15, 0.2) is 237 Å². The molecule has 10 aromatic rings. The summed E-state index contributed by atoms with van der Waals surface area (Å²) >= 11 is 0. The fourth-order valence-electron chi connectivity index (χ4n) is 12.2. The van der Waals surface area contributed by atoms with Gasteiger partial charge in [-0.3, -0.25) is 0 Å². The van der Waals surface area contributed by atoms with E-state index in [1.165, 1.54) is 131 Å². The standard InChI is InChI=1S/C65H50N2/c1-3-21-45(22-4-1)50-27-7-8-28-52(50)53-29-9-10-30-54(53)57-32-12-15-37-62(57)66(49-39-40-56-55-31-11-14-36-60(55)65(61(56)44-49)41-17-18-42-65)48-26-19-23-46(43-48)51-34-20-35-59-58-33-13-16-38-63(58)67(64(51)59)47-24-5-2-6-25-47/h1-16,19-40,44,48H,17-18,41-43H2. The van der Waals surface area contributed by atoms with Crippen LogP contribution in [-0.2, 0) is 5.41 Å². The molecule has 2 nitrogen and oxygen atoms in total. The molecule has 320 valence electrons. The highest BCUT2D eigenvalue weighted by Crippen LogP contribution is 2.58. The van der Waals surface area contributed by atoms with Crippen LogP contribution in [0.1, 0.15) is 48.8 Å². The average molecular weight is 859 g/mol. The molecule has 13 rings (SSSR count). The normalized spacial score (nSPS) is 15.8. The van der Waals surface area contributed by atoms with Crippen molar-refractivity contribution < 1.29 is 0 Å². The topological polar surface area (TPSA) is 8.17 Å². The fourth-order valence-corrected chi connectivity index (χ4v) is 12.2. The number of fused-ring (bicyclic) bond motifs is 8. The Morgan fingerprint density at radius 3 is 1.82 bits per heavy atom. The van der Waals surface area contributed by atoms with Crippen molar-refractivity contribution in [2.24, 2.45) is 0 Å². The van der Waals surface area contributed by atoms with E-state index in [1.54, 1.807) is 0 Å². The Labute approximate surface area is 393 Å². The molecule has 9 aromatic carbocycles. The van der Waals surface area contributed by atoms with Gasteiger partial charge in [-0.25, -0.2) is 0 Å². The first-order valence-corrected chi connectivity index (χ1v) is 24.1. The van der Waals surface area contributed by atoms with Gasteiger partial charge in [0.15, 0.2) is 0 Å². The van der Waals surface area contributed by atoms with Gasteiger partial charge in [0.05, 0.1) is 17.1 Å². The van der Waals surface area contributed by atoms with E-state index in [-0.39, 0.29) is 11.5 Å². The Hall–Kier alpha value is -7.94. The third-order valence-corrected chi connectivity index (χ3v) is 15.1. The monoisotopic (exact) mass is 858 g/mol. The minimum Gasteiger partial charge on any atom is -0.334 e. The summed E-state index contributed by atoms with van der Waals surface area (Å²) in [6.45, 7) is 0. The first kappa shape index (κ1) is 39.4. The van der Waals surface area contributed by atoms with E-state index in [4.69, 9.17) is 0 Å². The van der Waals surface area contributed by atoms with Gasteiger partial charge in [-0.05, 0) is 111 Å². The zero-order chi connectivity index (χ0) is 44.3. The lowest BCUT2D eigenvalue weighted by atomic mass is 9.76. The number of rotatable bonds is 8. The van der Waals surface area contributed by atoms with Crippen molar-refractivity contribution >= 4 is 38.8 Å². The first-order valence-electron chi connectivity index (χ1n) is 24.1. The molecule has 0 radical (unpaired) electrons. The van der Waals surface area contributed by atoms with E-state index in [2.05, 4.69) is 246 Å². The Bertz CT molecular complexity index is 3560. The number of para-hydroxylation sites is 4. The molecular formula is C65H50N2. The molecule has 2 heteroatoms. The SMILES string of the molecule is C1=CC(N(c2ccc3c(c2)C2(CCCC2)c2ccccc2-3)c2ccccc2-c2ccccc2-c2ccccc2-c2ccccc2)CC(c2cccc3c4ccccc4n(-c4ccccc4)c23)=C1. The molecule has 1 aromatic heterocycles. The van der Waals surface area contributed by atoms with Crippen molar-refractivity contribution in [1.29, 1.82) is 0 Å². The molecule has 1 unspecified atom stereocenters. The number of aromatic nitrogens is 1. The second kappa shape index (κ2) is 16.2. The zero-order valence-corrected chi connectivity index (χ0v) is 37.5. The molecule has 3 aliphatic rings. The van der Waals surface area contributed by atoms with Crippen LogP contribution in [0.3, 0.4) is 0 Å². The van der Waals surface area contributed by atoms with Crippen molar-refractivity contribution in [3.05, 3.63) is 253 Å². The Morgan fingerprint density at radius 2 is 1.03 bits per heavy atom. The minimum atomic E-state index is 0.0242. The minimum absolute atomic E-state index is 0.0242. The molecule has 0 N–H and O–H groups in total. The molecular weight excluding hydrogens is 809 g/mol.